The summed E-state index contributed by atoms with van der Waals surface area (Å²) < 4.78 is 12.6. The Balaban J connectivity index is 1.95. The van der Waals surface area contributed by atoms with Crippen molar-refractivity contribution in [1.29, 1.82) is 0 Å². The molecule has 2 heterocycles. The Morgan fingerprint density at radius 3 is 2.93 bits per heavy atom. The molecule has 0 spiro atoms. The van der Waals surface area contributed by atoms with Crippen LogP contribution in [0.5, 0.6) is 0 Å². The lowest BCUT2D eigenvalue weighted by Crippen LogP contribution is -2.41. The predicted octanol–water partition coefficient (Wildman–Crippen LogP) is 1.84. The van der Waals surface area contributed by atoms with Gasteiger partial charge in [0.15, 0.2) is 0 Å². The molecule has 2 rings (SSSR count). The van der Waals surface area contributed by atoms with E-state index in [0.29, 0.717) is 0 Å². The van der Waals surface area contributed by atoms with E-state index in [1.54, 1.807) is 16.7 Å². The van der Waals surface area contributed by atoms with Crippen molar-refractivity contribution in [2.24, 2.45) is 0 Å². The highest BCUT2D eigenvalue weighted by Crippen LogP contribution is 2.30. The fourth-order valence-corrected chi connectivity index (χ4v) is 3.47. The topological polar surface area (TPSA) is 20.3 Å². The Morgan fingerprint density at radius 1 is 1.43 bits per heavy atom. The first kappa shape index (κ1) is 10.3. The van der Waals surface area contributed by atoms with E-state index in [1.165, 1.54) is 0 Å². The average Bonchev–Trinajstić information content (AvgIpc) is 2.87. The van der Waals surface area contributed by atoms with Gasteiger partial charge in [0.05, 0.1) is 11.3 Å². The van der Waals surface area contributed by atoms with Gasteiger partial charge in [-0.05, 0) is 31.4 Å². The van der Waals surface area contributed by atoms with Crippen molar-refractivity contribution in [3.05, 3.63) is 0 Å². The van der Waals surface area contributed by atoms with E-state index in [0.717, 1.165) is 38.0 Å². The minimum absolute atomic E-state index is 0.122. The molecule has 1 amide bonds. The number of halogens is 1. The van der Waals surface area contributed by atoms with Crippen LogP contribution in [0.1, 0.15) is 25.7 Å². The highest BCUT2D eigenvalue weighted by Gasteiger charge is 2.34. The molecule has 0 radical (unpaired) electrons. The maximum Gasteiger partial charge on any atom is 0.236 e. The summed E-state index contributed by atoms with van der Waals surface area (Å²) in [6, 6.07) is -0.122. The highest BCUT2D eigenvalue weighted by atomic mass is 32.2. The van der Waals surface area contributed by atoms with Crippen LogP contribution < -0.4 is 0 Å². The third-order valence-corrected chi connectivity index (χ3v) is 4.41. The maximum atomic E-state index is 12.6. The van der Waals surface area contributed by atoms with E-state index in [-0.39, 0.29) is 23.9 Å². The molecule has 0 aromatic carbocycles. The minimum Gasteiger partial charge on any atom is -0.336 e. The van der Waals surface area contributed by atoms with Gasteiger partial charge in [-0.2, -0.15) is 0 Å². The lowest BCUT2D eigenvalue weighted by atomic mass is 10.2. The molecule has 0 aromatic heterocycles. The Hall–Kier alpha value is -0.250. The molecule has 2 saturated heterocycles. The van der Waals surface area contributed by atoms with Gasteiger partial charge in [0, 0.05) is 6.54 Å². The highest BCUT2D eigenvalue weighted by molar-refractivity contribution is 8.00. The SMILES string of the molecule is O=C([C@@H]1CCCS1)N1CCC[C@@H]1CF. The third-order valence-electron chi connectivity index (χ3n) is 3.04. The summed E-state index contributed by atoms with van der Waals surface area (Å²) in [5.74, 6) is 1.28. The molecule has 0 aromatic rings. The van der Waals surface area contributed by atoms with Gasteiger partial charge >= 0.3 is 0 Å². The van der Waals surface area contributed by atoms with E-state index < -0.39 is 0 Å². The maximum absolute atomic E-state index is 12.6. The normalized spacial score (nSPS) is 32.5. The first-order valence-electron chi connectivity index (χ1n) is 5.31. The van der Waals surface area contributed by atoms with Crippen molar-refractivity contribution in [2.75, 3.05) is 19.0 Å². The zero-order valence-electron chi connectivity index (χ0n) is 8.25. The molecule has 2 nitrogen and oxygen atoms in total. The molecule has 4 heteroatoms. The van der Waals surface area contributed by atoms with Crippen LogP contribution in [0.3, 0.4) is 0 Å². The molecule has 14 heavy (non-hydrogen) atoms. The van der Waals surface area contributed by atoms with Crippen LogP contribution in [0.4, 0.5) is 4.39 Å². The van der Waals surface area contributed by atoms with E-state index in [9.17, 15) is 9.18 Å². The number of rotatable bonds is 2. The van der Waals surface area contributed by atoms with Crippen molar-refractivity contribution in [2.45, 2.75) is 37.0 Å². The Bertz CT molecular complexity index is 218. The zero-order valence-corrected chi connectivity index (χ0v) is 9.06. The van der Waals surface area contributed by atoms with Gasteiger partial charge in [0.25, 0.3) is 0 Å². The molecule has 0 N–H and O–H groups in total. The molecule has 2 atom stereocenters. The van der Waals surface area contributed by atoms with Crippen LogP contribution in [-0.4, -0.2) is 41.1 Å². The second kappa shape index (κ2) is 4.51. The molecular weight excluding hydrogens is 201 g/mol. The van der Waals surface area contributed by atoms with E-state index in [1.807, 2.05) is 0 Å². The van der Waals surface area contributed by atoms with Crippen molar-refractivity contribution in [3.8, 4) is 0 Å². The van der Waals surface area contributed by atoms with Crippen molar-refractivity contribution < 1.29 is 9.18 Å². The van der Waals surface area contributed by atoms with E-state index in [2.05, 4.69) is 0 Å². The van der Waals surface area contributed by atoms with Crippen molar-refractivity contribution >= 4 is 17.7 Å². The van der Waals surface area contributed by atoms with Gasteiger partial charge < -0.3 is 4.90 Å². The van der Waals surface area contributed by atoms with Crippen LogP contribution in [0.2, 0.25) is 0 Å². The van der Waals surface area contributed by atoms with Crippen molar-refractivity contribution in [3.63, 3.8) is 0 Å². The fourth-order valence-electron chi connectivity index (χ4n) is 2.24. The summed E-state index contributed by atoms with van der Waals surface area (Å²) in [7, 11) is 0. The molecule has 2 aliphatic rings. The zero-order chi connectivity index (χ0) is 9.97. The first-order valence-corrected chi connectivity index (χ1v) is 6.36. The fraction of sp³-hybridized carbons (Fsp3) is 0.900. The molecule has 0 bridgehead atoms. The standard InChI is InChI=1S/C10H16FNOS/c11-7-8-3-1-5-12(8)10(13)9-4-2-6-14-9/h8-9H,1-7H2/t8-,9+/m1/s1. The van der Waals surface area contributed by atoms with Gasteiger partial charge in [-0.15, -0.1) is 11.8 Å². The summed E-state index contributed by atoms with van der Waals surface area (Å²) in [6.45, 7) is 0.396. The molecule has 80 valence electrons. The third kappa shape index (κ3) is 1.90. The number of carbonyl (C=O) groups excluding carboxylic acids is 1. The number of hydrogen-bond donors (Lipinski definition) is 0. The Labute approximate surface area is 88.2 Å². The second-order valence-electron chi connectivity index (χ2n) is 3.98. The number of thioether (sulfide) groups is 1. The Morgan fingerprint density at radius 2 is 2.29 bits per heavy atom. The van der Waals surface area contributed by atoms with Crippen LogP contribution in [0, 0.1) is 0 Å². The number of alkyl halides is 1. The van der Waals surface area contributed by atoms with Crippen LogP contribution >= 0.6 is 11.8 Å². The van der Waals surface area contributed by atoms with Crippen LogP contribution in [-0.2, 0) is 4.79 Å². The molecule has 0 unspecified atom stereocenters. The quantitative estimate of drug-likeness (QED) is 0.703. The van der Waals surface area contributed by atoms with Crippen LogP contribution in [0.25, 0.3) is 0 Å². The summed E-state index contributed by atoms with van der Waals surface area (Å²) >= 11 is 1.74. The average molecular weight is 217 g/mol. The molecule has 2 fully saturated rings. The van der Waals surface area contributed by atoms with Gasteiger partial charge in [-0.3, -0.25) is 4.79 Å². The van der Waals surface area contributed by atoms with Gasteiger partial charge in [0.2, 0.25) is 5.91 Å². The monoisotopic (exact) mass is 217 g/mol. The summed E-state index contributed by atoms with van der Waals surface area (Å²) in [5.41, 5.74) is 0. The largest absolute Gasteiger partial charge is 0.336 e. The molecule has 0 aliphatic carbocycles. The molecular formula is C10H16FNOS. The second-order valence-corrected chi connectivity index (χ2v) is 5.29. The first-order chi connectivity index (χ1) is 6.83. The molecule has 2 aliphatic heterocycles. The van der Waals surface area contributed by atoms with Crippen molar-refractivity contribution in [1.82, 2.24) is 4.90 Å². The Kier molecular flexibility index (Phi) is 3.31. The number of hydrogen-bond acceptors (Lipinski definition) is 2. The summed E-state index contributed by atoms with van der Waals surface area (Å²) in [4.78, 5) is 13.7. The minimum atomic E-state index is -0.372. The van der Waals surface area contributed by atoms with E-state index >= 15 is 0 Å². The van der Waals surface area contributed by atoms with E-state index in [4.69, 9.17) is 0 Å². The van der Waals surface area contributed by atoms with Gasteiger partial charge in [-0.1, -0.05) is 0 Å². The number of likely N-dealkylation sites (tertiary alicyclic amines) is 1. The number of carbonyl (C=O) groups is 1. The summed E-state index contributed by atoms with van der Waals surface area (Å²) in [6.07, 6.45) is 3.94. The lowest BCUT2D eigenvalue weighted by Gasteiger charge is -2.25. The van der Waals surface area contributed by atoms with Crippen LogP contribution in [0.15, 0.2) is 0 Å². The lowest BCUT2D eigenvalue weighted by molar-refractivity contribution is -0.131. The smallest absolute Gasteiger partial charge is 0.236 e. The number of amides is 1. The van der Waals surface area contributed by atoms with Gasteiger partial charge in [-0.25, -0.2) is 4.39 Å². The number of nitrogens with zero attached hydrogens (tertiary/aromatic N) is 1. The predicted molar refractivity (Wildman–Crippen MR) is 56.2 cm³/mol. The summed E-state index contributed by atoms with van der Waals surface area (Å²) in [5, 5.41) is 0.127. The molecule has 0 saturated carbocycles. The van der Waals surface area contributed by atoms with Gasteiger partial charge in [0.1, 0.15) is 6.67 Å².